The second-order valence-corrected chi connectivity index (χ2v) is 4.53. The summed E-state index contributed by atoms with van der Waals surface area (Å²) in [6.07, 6.45) is 3.43. The first-order valence-electron chi connectivity index (χ1n) is 5.36. The molecule has 94 valence electrons. The molecule has 0 aliphatic rings. The minimum Gasteiger partial charge on any atom is -0.480 e. The molecule has 1 atom stereocenters. The van der Waals surface area contributed by atoms with Gasteiger partial charge in [-0.3, -0.25) is 14.3 Å². The van der Waals surface area contributed by atoms with Crippen LogP contribution in [0.4, 0.5) is 0 Å². The van der Waals surface area contributed by atoms with Crippen LogP contribution >= 0.6 is 0 Å². The van der Waals surface area contributed by atoms with E-state index in [0.717, 1.165) is 0 Å². The van der Waals surface area contributed by atoms with Gasteiger partial charge in [0.1, 0.15) is 5.41 Å². The van der Waals surface area contributed by atoms with Crippen molar-refractivity contribution >= 4 is 11.9 Å². The van der Waals surface area contributed by atoms with Gasteiger partial charge >= 0.3 is 5.97 Å². The first-order valence-corrected chi connectivity index (χ1v) is 5.36. The number of hydrogen-bond acceptors (Lipinski definition) is 3. The summed E-state index contributed by atoms with van der Waals surface area (Å²) in [5.41, 5.74) is -1.42. The van der Waals surface area contributed by atoms with E-state index in [1.165, 1.54) is 13.8 Å². The zero-order chi connectivity index (χ0) is 13.1. The quantitative estimate of drug-likeness (QED) is 0.733. The molecule has 6 heteroatoms. The van der Waals surface area contributed by atoms with Gasteiger partial charge in [-0.05, 0) is 26.8 Å². The lowest BCUT2D eigenvalue weighted by atomic mass is 9.92. The van der Waals surface area contributed by atoms with Gasteiger partial charge in [0.25, 0.3) is 0 Å². The molecule has 0 spiro atoms. The molecule has 0 saturated carbocycles. The number of carboxylic acid groups (broad SMARTS) is 1. The molecule has 0 bridgehead atoms. The number of aromatic nitrogens is 2. The monoisotopic (exact) mass is 239 g/mol. The van der Waals surface area contributed by atoms with Crippen molar-refractivity contribution in [2.24, 2.45) is 5.41 Å². The number of amides is 1. The number of aliphatic carboxylic acids is 1. The Hall–Kier alpha value is -1.85. The number of nitrogens with one attached hydrogen (secondary N) is 1. The van der Waals surface area contributed by atoms with Crippen molar-refractivity contribution in [1.29, 1.82) is 0 Å². The van der Waals surface area contributed by atoms with E-state index < -0.39 is 17.3 Å². The number of hydrogen-bond donors (Lipinski definition) is 2. The first-order chi connectivity index (χ1) is 7.84. The van der Waals surface area contributed by atoms with E-state index in [0.29, 0.717) is 6.54 Å². The maximum absolute atomic E-state index is 11.7. The Kier molecular flexibility index (Phi) is 3.88. The molecule has 0 saturated heterocycles. The largest absolute Gasteiger partial charge is 0.480 e. The predicted octanol–water partition coefficient (Wildman–Crippen LogP) is 0.499. The summed E-state index contributed by atoms with van der Waals surface area (Å²) in [6, 6.07) is 1.61. The fraction of sp³-hybridized carbons (Fsp3) is 0.545. The molecule has 0 fully saturated rings. The molecule has 6 nitrogen and oxygen atoms in total. The summed E-state index contributed by atoms with van der Waals surface area (Å²) in [5, 5.41) is 15.6. The third kappa shape index (κ3) is 3.30. The topological polar surface area (TPSA) is 84.2 Å². The van der Waals surface area contributed by atoms with Gasteiger partial charge < -0.3 is 10.4 Å². The van der Waals surface area contributed by atoms with Gasteiger partial charge in [-0.25, -0.2) is 0 Å². The smallest absolute Gasteiger partial charge is 0.318 e. The lowest BCUT2D eigenvalue weighted by molar-refractivity contribution is -0.153. The molecule has 1 unspecified atom stereocenters. The number of carboxylic acids is 1. The van der Waals surface area contributed by atoms with E-state index in [2.05, 4.69) is 10.4 Å². The summed E-state index contributed by atoms with van der Waals surface area (Å²) in [4.78, 5) is 22.6. The van der Waals surface area contributed by atoms with Crippen LogP contribution < -0.4 is 5.32 Å². The molecule has 1 aromatic heterocycles. The van der Waals surface area contributed by atoms with Crippen molar-refractivity contribution in [1.82, 2.24) is 15.1 Å². The third-order valence-corrected chi connectivity index (χ3v) is 2.50. The van der Waals surface area contributed by atoms with Crippen molar-refractivity contribution in [2.45, 2.75) is 33.4 Å². The number of nitrogens with zero attached hydrogens (tertiary/aromatic N) is 2. The molecular weight excluding hydrogens is 222 g/mol. The highest BCUT2D eigenvalue weighted by atomic mass is 16.4. The Morgan fingerprint density at radius 1 is 1.53 bits per heavy atom. The van der Waals surface area contributed by atoms with Crippen molar-refractivity contribution in [2.75, 3.05) is 0 Å². The van der Waals surface area contributed by atoms with Crippen LogP contribution in [0.1, 0.15) is 20.8 Å². The van der Waals surface area contributed by atoms with Gasteiger partial charge in [0, 0.05) is 18.4 Å². The van der Waals surface area contributed by atoms with Gasteiger partial charge in [-0.1, -0.05) is 0 Å². The van der Waals surface area contributed by atoms with Gasteiger partial charge in [0.2, 0.25) is 5.91 Å². The highest BCUT2D eigenvalue weighted by Gasteiger charge is 2.36. The minimum atomic E-state index is -1.42. The third-order valence-electron chi connectivity index (χ3n) is 2.50. The van der Waals surface area contributed by atoms with E-state index in [9.17, 15) is 9.59 Å². The van der Waals surface area contributed by atoms with Crippen molar-refractivity contribution < 1.29 is 14.7 Å². The van der Waals surface area contributed by atoms with Crippen LogP contribution in [-0.4, -0.2) is 32.8 Å². The fourth-order valence-corrected chi connectivity index (χ4v) is 1.24. The zero-order valence-electron chi connectivity index (χ0n) is 10.2. The van der Waals surface area contributed by atoms with E-state index in [4.69, 9.17) is 5.11 Å². The molecular formula is C11H17N3O3. The molecule has 0 aliphatic carbocycles. The highest BCUT2D eigenvalue weighted by Crippen LogP contribution is 2.15. The lowest BCUT2D eigenvalue weighted by Crippen LogP contribution is -2.46. The van der Waals surface area contributed by atoms with E-state index in [1.807, 2.05) is 0 Å². The summed E-state index contributed by atoms with van der Waals surface area (Å²) < 4.78 is 1.68. The molecule has 1 amide bonds. The van der Waals surface area contributed by atoms with Crippen LogP contribution in [0.15, 0.2) is 18.5 Å². The molecule has 1 rings (SSSR count). The Labute approximate surface area is 99.6 Å². The van der Waals surface area contributed by atoms with E-state index in [-0.39, 0.29) is 6.04 Å². The number of carbonyl (C=O) groups excluding carboxylic acids is 1. The minimum absolute atomic E-state index is 0.180. The maximum atomic E-state index is 11.7. The van der Waals surface area contributed by atoms with Crippen molar-refractivity contribution in [3.63, 3.8) is 0 Å². The molecule has 0 aliphatic heterocycles. The first kappa shape index (κ1) is 13.2. The molecule has 2 N–H and O–H groups in total. The fourth-order valence-electron chi connectivity index (χ4n) is 1.24. The molecule has 0 aromatic carbocycles. The summed E-state index contributed by atoms with van der Waals surface area (Å²) >= 11 is 0. The van der Waals surface area contributed by atoms with Crippen LogP contribution in [0, 0.1) is 5.41 Å². The standard InChI is InChI=1S/C11H17N3O3/c1-8(7-14-6-4-5-12-14)13-9(15)11(2,3)10(16)17/h4-6,8H,7H2,1-3H3,(H,13,15)(H,16,17). The SMILES string of the molecule is CC(Cn1cccn1)NC(=O)C(C)(C)C(=O)O. The average Bonchev–Trinajstić information content (AvgIpc) is 2.69. The van der Waals surface area contributed by atoms with Crippen LogP contribution in [0.25, 0.3) is 0 Å². The van der Waals surface area contributed by atoms with E-state index >= 15 is 0 Å². The summed E-state index contributed by atoms with van der Waals surface area (Å²) in [5.74, 6) is -1.63. The van der Waals surface area contributed by atoms with Crippen LogP contribution in [0.5, 0.6) is 0 Å². The summed E-state index contributed by atoms with van der Waals surface area (Å²) in [7, 11) is 0. The normalized spacial score (nSPS) is 13.1. The number of rotatable bonds is 5. The van der Waals surface area contributed by atoms with Crippen LogP contribution in [0.2, 0.25) is 0 Å². The maximum Gasteiger partial charge on any atom is 0.318 e. The van der Waals surface area contributed by atoms with E-state index in [1.54, 1.807) is 30.1 Å². The van der Waals surface area contributed by atoms with Crippen molar-refractivity contribution in [3.8, 4) is 0 Å². The zero-order valence-corrected chi connectivity index (χ0v) is 10.2. The average molecular weight is 239 g/mol. The Bertz CT molecular complexity index is 398. The van der Waals surface area contributed by atoms with Gasteiger partial charge in [-0.2, -0.15) is 5.10 Å². The van der Waals surface area contributed by atoms with Gasteiger partial charge in [0.05, 0.1) is 6.54 Å². The second kappa shape index (κ2) is 4.99. The summed E-state index contributed by atoms with van der Waals surface area (Å²) in [6.45, 7) is 5.07. The van der Waals surface area contributed by atoms with Gasteiger partial charge in [-0.15, -0.1) is 0 Å². The lowest BCUT2D eigenvalue weighted by Gasteiger charge is -2.22. The predicted molar refractivity (Wildman–Crippen MR) is 61.2 cm³/mol. The highest BCUT2D eigenvalue weighted by molar-refractivity contribution is 6.01. The van der Waals surface area contributed by atoms with Crippen LogP contribution in [-0.2, 0) is 16.1 Å². The molecule has 1 heterocycles. The van der Waals surface area contributed by atoms with Crippen molar-refractivity contribution in [3.05, 3.63) is 18.5 Å². The Morgan fingerprint density at radius 2 is 2.18 bits per heavy atom. The second-order valence-electron chi connectivity index (χ2n) is 4.53. The molecule has 0 radical (unpaired) electrons. The molecule has 1 aromatic rings. The number of carbonyl (C=O) groups is 2. The van der Waals surface area contributed by atoms with Gasteiger partial charge in [0.15, 0.2) is 0 Å². The van der Waals surface area contributed by atoms with Crippen LogP contribution in [0.3, 0.4) is 0 Å². The molecule has 17 heavy (non-hydrogen) atoms. The Balaban J connectivity index is 2.54. The Morgan fingerprint density at radius 3 is 2.65 bits per heavy atom.